The van der Waals surface area contributed by atoms with Gasteiger partial charge in [-0.05, 0) is 48.5 Å². The summed E-state index contributed by atoms with van der Waals surface area (Å²) in [5, 5.41) is 2.63. The Kier molecular flexibility index (Phi) is 7.98. The fraction of sp³-hybridized carbons (Fsp3) is 0.333. The van der Waals surface area contributed by atoms with Crippen molar-refractivity contribution in [2.24, 2.45) is 0 Å². The summed E-state index contributed by atoms with van der Waals surface area (Å²) >= 11 is 0. The Morgan fingerprint density at radius 1 is 1.03 bits per heavy atom. The number of amides is 4. The molecule has 0 radical (unpaired) electrons. The van der Waals surface area contributed by atoms with E-state index in [0.717, 1.165) is 4.90 Å². The highest BCUT2D eigenvalue weighted by molar-refractivity contribution is 6.23. The molecule has 1 atom stereocenters. The maximum atomic E-state index is 13.4. The quantitative estimate of drug-likeness (QED) is 0.442. The van der Waals surface area contributed by atoms with Gasteiger partial charge < -0.3 is 24.4 Å². The molecule has 4 amide bonds. The first-order valence-electron chi connectivity index (χ1n) is 10.5. The summed E-state index contributed by atoms with van der Waals surface area (Å²) in [7, 11) is 4.37. The van der Waals surface area contributed by atoms with Crippen molar-refractivity contribution in [2.45, 2.75) is 25.7 Å². The summed E-state index contributed by atoms with van der Waals surface area (Å²) in [6, 6.07) is 11.7. The van der Waals surface area contributed by atoms with Crippen molar-refractivity contribution >= 4 is 35.0 Å². The van der Waals surface area contributed by atoms with Gasteiger partial charge in [0, 0.05) is 32.4 Å². The van der Waals surface area contributed by atoms with Crippen LogP contribution in [-0.2, 0) is 23.9 Å². The number of benzene rings is 2. The van der Waals surface area contributed by atoms with Crippen molar-refractivity contribution in [1.29, 1.82) is 0 Å². The van der Waals surface area contributed by atoms with Crippen LogP contribution in [-0.4, -0.2) is 68.7 Å². The van der Waals surface area contributed by atoms with E-state index in [2.05, 4.69) is 5.32 Å². The first-order chi connectivity index (χ1) is 16.3. The molecule has 10 heteroatoms. The van der Waals surface area contributed by atoms with Crippen molar-refractivity contribution in [3.8, 4) is 5.75 Å². The van der Waals surface area contributed by atoms with E-state index < -0.39 is 30.1 Å². The number of methoxy groups -OCH3 is 3. The Morgan fingerprint density at radius 2 is 1.65 bits per heavy atom. The average molecular weight is 469 g/mol. The van der Waals surface area contributed by atoms with Crippen LogP contribution in [0.4, 0.5) is 11.4 Å². The monoisotopic (exact) mass is 469 g/mol. The number of nitrogens with zero attached hydrogens (tertiary/aromatic N) is 2. The van der Waals surface area contributed by atoms with Crippen LogP contribution in [0.5, 0.6) is 5.75 Å². The van der Waals surface area contributed by atoms with Gasteiger partial charge in [-0.15, -0.1) is 0 Å². The minimum absolute atomic E-state index is 0.0587. The van der Waals surface area contributed by atoms with Crippen LogP contribution in [0.25, 0.3) is 0 Å². The molecule has 1 aliphatic rings. The molecular formula is C24H27N3O7. The van der Waals surface area contributed by atoms with Gasteiger partial charge >= 0.3 is 0 Å². The second-order valence-corrected chi connectivity index (χ2v) is 7.60. The Hall–Kier alpha value is -3.76. The third-order valence-electron chi connectivity index (χ3n) is 5.41. The third-order valence-corrected chi connectivity index (χ3v) is 5.41. The van der Waals surface area contributed by atoms with Gasteiger partial charge in [-0.1, -0.05) is 0 Å². The van der Waals surface area contributed by atoms with Gasteiger partial charge in [0.15, 0.2) is 6.29 Å². The minimum Gasteiger partial charge on any atom is -0.497 e. The molecule has 1 fully saturated rings. The Morgan fingerprint density at radius 3 is 2.18 bits per heavy atom. The topological polar surface area (TPSA) is 114 Å². The molecule has 2 aromatic rings. The number of ether oxygens (including phenoxy) is 3. The highest BCUT2D eigenvalue weighted by Crippen LogP contribution is 2.28. The van der Waals surface area contributed by atoms with Gasteiger partial charge in [-0.25, -0.2) is 4.90 Å². The van der Waals surface area contributed by atoms with Gasteiger partial charge in [0.05, 0.1) is 25.8 Å². The number of carbonyl (C=O) groups is 4. The molecule has 3 rings (SSSR count). The van der Waals surface area contributed by atoms with E-state index >= 15 is 0 Å². The van der Waals surface area contributed by atoms with Gasteiger partial charge in [0.2, 0.25) is 11.8 Å². The van der Waals surface area contributed by atoms with Gasteiger partial charge in [0.25, 0.3) is 11.8 Å². The summed E-state index contributed by atoms with van der Waals surface area (Å²) in [6.07, 6.45) is -0.981. The fourth-order valence-corrected chi connectivity index (χ4v) is 3.68. The van der Waals surface area contributed by atoms with E-state index in [4.69, 9.17) is 14.2 Å². The lowest BCUT2D eigenvalue weighted by Crippen LogP contribution is -2.49. The summed E-state index contributed by atoms with van der Waals surface area (Å²) in [5.41, 5.74) is 1.20. The van der Waals surface area contributed by atoms with Crippen LogP contribution in [0.2, 0.25) is 0 Å². The van der Waals surface area contributed by atoms with E-state index in [0.29, 0.717) is 22.7 Å². The highest BCUT2D eigenvalue weighted by atomic mass is 16.7. The molecule has 2 aromatic carbocycles. The van der Waals surface area contributed by atoms with Crippen molar-refractivity contribution in [3.05, 3.63) is 54.1 Å². The zero-order chi connectivity index (χ0) is 24.8. The predicted molar refractivity (Wildman–Crippen MR) is 123 cm³/mol. The maximum Gasteiger partial charge on any atom is 0.257 e. The highest BCUT2D eigenvalue weighted by Gasteiger charge is 2.45. The van der Waals surface area contributed by atoms with Crippen LogP contribution >= 0.6 is 0 Å². The number of imide groups is 1. The number of hydrogen-bond donors (Lipinski definition) is 1. The third kappa shape index (κ3) is 5.41. The maximum absolute atomic E-state index is 13.4. The Labute approximate surface area is 197 Å². The second-order valence-electron chi connectivity index (χ2n) is 7.60. The molecule has 10 nitrogen and oxygen atoms in total. The molecule has 0 bridgehead atoms. The average Bonchev–Trinajstić information content (AvgIpc) is 3.13. The van der Waals surface area contributed by atoms with Crippen LogP contribution in [0.15, 0.2) is 48.5 Å². The normalized spacial score (nSPS) is 15.6. The molecule has 1 saturated heterocycles. The zero-order valence-electron chi connectivity index (χ0n) is 19.4. The molecule has 34 heavy (non-hydrogen) atoms. The molecule has 0 aromatic heterocycles. The van der Waals surface area contributed by atoms with Gasteiger partial charge in [-0.2, -0.15) is 0 Å². The predicted octanol–water partition coefficient (Wildman–Crippen LogP) is 2.05. The summed E-state index contributed by atoms with van der Waals surface area (Å²) in [6.45, 7) is 1.32. The van der Waals surface area contributed by atoms with E-state index in [9.17, 15) is 19.2 Å². The van der Waals surface area contributed by atoms with Crippen LogP contribution in [0, 0.1) is 0 Å². The second kappa shape index (κ2) is 10.9. The summed E-state index contributed by atoms with van der Waals surface area (Å²) in [4.78, 5) is 53.2. The largest absolute Gasteiger partial charge is 0.497 e. The lowest BCUT2D eigenvalue weighted by molar-refractivity contribution is -0.128. The summed E-state index contributed by atoms with van der Waals surface area (Å²) < 4.78 is 15.6. The SMILES string of the molecule is COc1ccc(C(=O)N(CC(OC)OC)C2CC(=O)N(c3ccc(NC(C)=O)cc3)C2=O)cc1. The molecule has 1 unspecified atom stereocenters. The standard InChI is InChI=1S/C24H27N3O7/c1-15(28)25-17-7-9-18(10-8-17)27-21(29)13-20(24(27)31)26(14-22(33-3)34-4)23(30)16-5-11-19(32-2)12-6-16/h5-12,20,22H,13-14H2,1-4H3,(H,25,28). The molecular weight excluding hydrogens is 442 g/mol. The van der Waals surface area contributed by atoms with Gasteiger partial charge in [-0.3, -0.25) is 19.2 Å². The van der Waals surface area contributed by atoms with Crippen LogP contribution < -0.4 is 15.0 Å². The zero-order valence-corrected chi connectivity index (χ0v) is 19.4. The first-order valence-corrected chi connectivity index (χ1v) is 10.5. The van der Waals surface area contributed by atoms with E-state index in [-0.39, 0.29) is 18.9 Å². The molecule has 0 aliphatic carbocycles. The van der Waals surface area contributed by atoms with Crippen molar-refractivity contribution in [2.75, 3.05) is 38.1 Å². The van der Waals surface area contributed by atoms with E-state index in [1.54, 1.807) is 48.5 Å². The van der Waals surface area contributed by atoms with Crippen LogP contribution in [0.3, 0.4) is 0 Å². The van der Waals surface area contributed by atoms with Crippen molar-refractivity contribution in [1.82, 2.24) is 4.90 Å². The van der Waals surface area contributed by atoms with Crippen LogP contribution in [0.1, 0.15) is 23.7 Å². The molecule has 1 aliphatic heterocycles. The number of hydrogen-bond acceptors (Lipinski definition) is 7. The number of nitrogens with one attached hydrogen (secondary N) is 1. The fourth-order valence-electron chi connectivity index (χ4n) is 3.68. The molecule has 1 N–H and O–H groups in total. The molecule has 180 valence electrons. The lowest BCUT2D eigenvalue weighted by atomic mass is 10.1. The first kappa shape index (κ1) is 24.9. The van der Waals surface area contributed by atoms with Gasteiger partial charge in [0.1, 0.15) is 11.8 Å². The number of carbonyl (C=O) groups excluding carboxylic acids is 4. The van der Waals surface area contributed by atoms with E-state index in [1.807, 2.05) is 0 Å². The Balaban J connectivity index is 1.89. The number of anilines is 2. The van der Waals surface area contributed by atoms with Crippen molar-refractivity contribution < 1.29 is 33.4 Å². The Bertz CT molecular complexity index is 1050. The lowest BCUT2D eigenvalue weighted by Gasteiger charge is -2.30. The molecule has 0 spiro atoms. The van der Waals surface area contributed by atoms with E-state index in [1.165, 1.54) is 33.2 Å². The number of rotatable bonds is 9. The smallest absolute Gasteiger partial charge is 0.257 e. The van der Waals surface area contributed by atoms with Crippen molar-refractivity contribution in [3.63, 3.8) is 0 Å². The molecule has 1 heterocycles. The minimum atomic E-state index is -1.04. The molecule has 0 saturated carbocycles. The summed E-state index contributed by atoms with van der Waals surface area (Å²) in [5.74, 6) is -1.09.